The minimum atomic E-state index is -0.0419. The summed E-state index contributed by atoms with van der Waals surface area (Å²) in [7, 11) is 1.62. The number of halogens is 1. The van der Waals surface area contributed by atoms with Crippen molar-refractivity contribution in [3.63, 3.8) is 0 Å². The van der Waals surface area contributed by atoms with Crippen LogP contribution in [-0.4, -0.2) is 13.0 Å². The summed E-state index contributed by atoms with van der Waals surface area (Å²) >= 11 is 3.45. The van der Waals surface area contributed by atoms with Crippen molar-refractivity contribution >= 4 is 27.5 Å². The number of carbonyl (C=O) groups excluding carboxylic acids is 1. The van der Waals surface area contributed by atoms with Gasteiger partial charge in [0.25, 0.3) is 0 Å². The van der Waals surface area contributed by atoms with Crippen LogP contribution in [0.4, 0.5) is 5.69 Å². The molecule has 0 radical (unpaired) electrons. The number of hydrogen-bond acceptors (Lipinski definition) is 2. The predicted octanol–water partition coefficient (Wildman–Crippen LogP) is 3.95. The van der Waals surface area contributed by atoms with Crippen molar-refractivity contribution in [3.05, 3.63) is 58.1 Å². The van der Waals surface area contributed by atoms with Crippen LogP contribution >= 0.6 is 15.9 Å². The number of rotatable bonds is 4. The molecule has 0 bridgehead atoms. The second-order valence-corrected chi connectivity index (χ2v) is 5.41. The van der Waals surface area contributed by atoms with Gasteiger partial charge in [-0.15, -0.1) is 0 Å². The van der Waals surface area contributed by atoms with Crippen LogP contribution < -0.4 is 10.1 Å². The van der Waals surface area contributed by atoms with E-state index >= 15 is 0 Å². The number of nitrogens with one attached hydrogen (secondary N) is 1. The van der Waals surface area contributed by atoms with Crippen LogP contribution in [0, 0.1) is 6.92 Å². The molecule has 0 heterocycles. The van der Waals surface area contributed by atoms with Crippen LogP contribution in [-0.2, 0) is 11.2 Å². The minimum absolute atomic E-state index is 0.0419. The van der Waals surface area contributed by atoms with E-state index in [1.807, 2.05) is 49.4 Å². The van der Waals surface area contributed by atoms with Crippen molar-refractivity contribution in [2.75, 3.05) is 12.4 Å². The van der Waals surface area contributed by atoms with Crippen molar-refractivity contribution in [2.24, 2.45) is 0 Å². The quantitative estimate of drug-likeness (QED) is 0.919. The molecule has 0 atom stereocenters. The topological polar surface area (TPSA) is 38.3 Å². The van der Waals surface area contributed by atoms with E-state index in [0.29, 0.717) is 6.42 Å². The zero-order valence-electron chi connectivity index (χ0n) is 11.4. The van der Waals surface area contributed by atoms with Crippen LogP contribution in [0.5, 0.6) is 5.75 Å². The van der Waals surface area contributed by atoms with Crippen molar-refractivity contribution in [1.82, 2.24) is 0 Å². The third kappa shape index (κ3) is 3.84. The van der Waals surface area contributed by atoms with Crippen LogP contribution in [0.2, 0.25) is 0 Å². The molecular weight excluding hydrogens is 318 g/mol. The van der Waals surface area contributed by atoms with Gasteiger partial charge in [0.15, 0.2) is 0 Å². The highest BCUT2D eigenvalue weighted by Crippen LogP contribution is 2.23. The number of anilines is 1. The first-order valence-electron chi connectivity index (χ1n) is 6.27. The lowest BCUT2D eigenvalue weighted by Gasteiger charge is -2.08. The number of amides is 1. The SMILES string of the molecule is COc1ccc(CC(=O)Nc2ccc(C)cc2Br)cc1. The predicted molar refractivity (Wildman–Crippen MR) is 84.2 cm³/mol. The van der Waals surface area contributed by atoms with Crippen molar-refractivity contribution in [2.45, 2.75) is 13.3 Å². The molecule has 0 fully saturated rings. The van der Waals surface area contributed by atoms with Crippen LogP contribution in [0.15, 0.2) is 46.9 Å². The van der Waals surface area contributed by atoms with Gasteiger partial charge < -0.3 is 10.1 Å². The average molecular weight is 334 g/mol. The number of benzene rings is 2. The van der Waals surface area contributed by atoms with Gasteiger partial charge in [-0.25, -0.2) is 0 Å². The van der Waals surface area contributed by atoms with Crippen molar-refractivity contribution in [3.8, 4) is 5.75 Å². The molecule has 1 amide bonds. The molecule has 3 nitrogen and oxygen atoms in total. The summed E-state index contributed by atoms with van der Waals surface area (Å²) in [4.78, 5) is 12.0. The number of aryl methyl sites for hydroxylation is 1. The molecule has 0 aliphatic rings. The Morgan fingerprint density at radius 2 is 1.90 bits per heavy atom. The van der Waals surface area contributed by atoms with Gasteiger partial charge in [0.1, 0.15) is 5.75 Å². The highest BCUT2D eigenvalue weighted by atomic mass is 79.9. The molecule has 0 aliphatic carbocycles. The van der Waals surface area contributed by atoms with E-state index < -0.39 is 0 Å². The molecule has 2 rings (SSSR count). The summed E-state index contributed by atoms with van der Waals surface area (Å²) in [5.74, 6) is 0.746. The summed E-state index contributed by atoms with van der Waals surface area (Å²) in [6.07, 6.45) is 0.338. The monoisotopic (exact) mass is 333 g/mol. The number of methoxy groups -OCH3 is 1. The molecule has 20 heavy (non-hydrogen) atoms. The smallest absolute Gasteiger partial charge is 0.228 e. The van der Waals surface area contributed by atoms with Gasteiger partial charge in [0, 0.05) is 4.47 Å². The summed E-state index contributed by atoms with van der Waals surface area (Å²) in [5.41, 5.74) is 2.88. The third-order valence-corrected chi connectivity index (χ3v) is 3.58. The van der Waals surface area contributed by atoms with E-state index in [9.17, 15) is 4.79 Å². The van der Waals surface area contributed by atoms with Gasteiger partial charge in [-0.05, 0) is 58.2 Å². The fraction of sp³-hybridized carbons (Fsp3) is 0.188. The lowest BCUT2D eigenvalue weighted by atomic mass is 10.1. The number of carbonyl (C=O) groups is 1. The Hall–Kier alpha value is -1.81. The van der Waals surface area contributed by atoms with E-state index in [4.69, 9.17) is 4.74 Å². The Labute approximate surface area is 127 Å². The highest BCUT2D eigenvalue weighted by Gasteiger charge is 2.07. The average Bonchev–Trinajstić information content (AvgIpc) is 2.43. The third-order valence-electron chi connectivity index (χ3n) is 2.92. The first kappa shape index (κ1) is 14.6. The molecule has 2 aromatic rings. The molecule has 0 spiro atoms. The molecule has 1 N–H and O–H groups in total. The fourth-order valence-electron chi connectivity index (χ4n) is 1.84. The summed E-state index contributed by atoms with van der Waals surface area (Å²) in [6, 6.07) is 13.3. The standard InChI is InChI=1S/C16H16BrNO2/c1-11-3-8-15(14(17)9-11)18-16(19)10-12-4-6-13(20-2)7-5-12/h3-9H,10H2,1-2H3,(H,18,19). The number of hydrogen-bond donors (Lipinski definition) is 1. The molecule has 0 aromatic heterocycles. The van der Waals surface area contributed by atoms with E-state index in [1.54, 1.807) is 7.11 Å². The second-order valence-electron chi connectivity index (χ2n) is 4.56. The van der Waals surface area contributed by atoms with E-state index in [-0.39, 0.29) is 5.91 Å². The normalized spacial score (nSPS) is 10.2. The van der Waals surface area contributed by atoms with E-state index in [1.165, 1.54) is 0 Å². The van der Waals surface area contributed by atoms with Crippen LogP contribution in [0.1, 0.15) is 11.1 Å². The van der Waals surface area contributed by atoms with Gasteiger partial charge >= 0.3 is 0 Å². The molecule has 0 saturated carbocycles. The Morgan fingerprint density at radius 1 is 1.20 bits per heavy atom. The molecule has 2 aromatic carbocycles. The maximum absolute atomic E-state index is 12.0. The molecule has 0 saturated heterocycles. The number of ether oxygens (including phenoxy) is 1. The Kier molecular flexibility index (Phi) is 4.79. The van der Waals surface area contributed by atoms with Crippen molar-refractivity contribution in [1.29, 1.82) is 0 Å². The lowest BCUT2D eigenvalue weighted by molar-refractivity contribution is -0.115. The Morgan fingerprint density at radius 3 is 2.50 bits per heavy atom. The van der Waals surface area contributed by atoms with Crippen LogP contribution in [0.25, 0.3) is 0 Å². The highest BCUT2D eigenvalue weighted by molar-refractivity contribution is 9.10. The molecular formula is C16H16BrNO2. The molecule has 104 valence electrons. The maximum atomic E-state index is 12.0. The van der Waals surface area contributed by atoms with E-state index in [2.05, 4.69) is 21.2 Å². The van der Waals surface area contributed by atoms with Gasteiger partial charge in [-0.3, -0.25) is 4.79 Å². The molecule has 0 unspecified atom stereocenters. The molecule has 0 aliphatic heterocycles. The largest absolute Gasteiger partial charge is 0.497 e. The first-order valence-corrected chi connectivity index (χ1v) is 7.06. The van der Waals surface area contributed by atoms with Gasteiger partial charge in [-0.2, -0.15) is 0 Å². The fourth-order valence-corrected chi connectivity index (χ4v) is 2.44. The summed E-state index contributed by atoms with van der Waals surface area (Å²) in [5, 5.41) is 2.90. The molecule has 4 heteroatoms. The Bertz CT molecular complexity index is 608. The van der Waals surface area contributed by atoms with Crippen LogP contribution in [0.3, 0.4) is 0 Å². The Balaban J connectivity index is 2.01. The first-order chi connectivity index (χ1) is 9.58. The maximum Gasteiger partial charge on any atom is 0.228 e. The van der Waals surface area contributed by atoms with Crippen molar-refractivity contribution < 1.29 is 9.53 Å². The summed E-state index contributed by atoms with van der Waals surface area (Å²) < 4.78 is 5.98. The van der Waals surface area contributed by atoms with Gasteiger partial charge in [0.2, 0.25) is 5.91 Å². The summed E-state index contributed by atoms with van der Waals surface area (Å²) in [6.45, 7) is 2.01. The van der Waals surface area contributed by atoms with Gasteiger partial charge in [-0.1, -0.05) is 18.2 Å². The zero-order chi connectivity index (χ0) is 14.5. The van der Waals surface area contributed by atoms with Gasteiger partial charge in [0.05, 0.1) is 19.2 Å². The lowest BCUT2D eigenvalue weighted by Crippen LogP contribution is -2.14. The van der Waals surface area contributed by atoms with E-state index in [0.717, 1.165) is 27.0 Å². The zero-order valence-corrected chi connectivity index (χ0v) is 13.0. The second kappa shape index (κ2) is 6.57. The minimum Gasteiger partial charge on any atom is -0.497 e.